The molecule has 2 aliphatic rings. The van der Waals surface area contributed by atoms with Gasteiger partial charge in [-0.2, -0.15) is 10.2 Å². The van der Waals surface area contributed by atoms with Crippen molar-refractivity contribution in [2.24, 2.45) is 22.1 Å². The van der Waals surface area contributed by atoms with E-state index in [1.807, 2.05) is 0 Å². The minimum atomic E-state index is -0.707. The number of hydrogen-bond donors (Lipinski definition) is 1. The van der Waals surface area contributed by atoms with Gasteiger partial charge in [0.15, 0.2) is 0 Å². The maximum atomic E-state index is 10.5. The van der Waals surface area contributed by atoms with Crippen molar-refractivity contribution in [1.29, 1.82) is 0 Å². The summed E-state index contributed by atoms with van der Waals surface area (Å²) in [5.74, 6) is 0.415. The monoisotopic (exact) mass is 332 g/mol. The Bertz CT molecular complexity index is 470. The minimum absolute atomic E-state index is 0.260. The van der Waals surface area contributed by atoms with E-state index >= 15 is 0 Å². The molecule has 134 valence electrons. The maximum Gasteiger partial charge on any atom is 0.303 e. The lowest BCUT2D eigenvalue weighted by molar-refractivity contribution is -0.137. The quantitative estimate of drug-likeness (QED) is 0.376. The molecule has 0 unspecified atom stereocenters. The number of aliphatic carboxylic acids is 1. The Balaban J connectivity index is 1.73. The van der Waals surface area contributed by atoms with Gasteiger partial charge >= 0.3 is 5.97 Å². The van der Waals surface area contributed by atoms with Crippen LogP contribution in [0.15, 0.2) is 34.5 Å². The van der Waals surface area contributed by atoms with Crippen molar-refractivity contribution in [3.8, 4) is 0 Å². The molecule has 0 saturated heterocycles. The van der Waals surface area contributed by atoms with Crippen LogP contribution in [0, 0.1) is 11.8 Å². The van der Waals surface area contributed by atoms with Gasteiger partial charge in [-0.15, -0.1) is 0 Å². The number of rotatable bonds is 12. The molecule has 2 bridgehead atoms. The van der Waals surface area contributed by atoms with Gasteiger partial charge in [0.1, 0.15) is 0 Å². The van der Waals surface area contributed by atoms with Crippen LogP contribution in [0.25, 0.3) is 0 Å². The van der Waals surface area contributed by atoms with Crippen molar-refractivity contribution in [1.82, 2.24) is 0 Å². The second-order valence-corrected chi connectivity index (χ2v) is 7.11. The van der Waals surface area contributed by atoms with Crippen molar-refractivity contribution in [3.05, 3.63) is 24.3 Å². The number of unbranched alkanes of at least 4 members (excludes halogenated alkanes) is 5. The van der Waals surface area contributed by atoms with Crippen LogP contribution in [-0.4, -0.2) is 23.2 Å². The van der Waals surface area contributed by atoms with Gasteiger partial charge in [0.05, 0.1) is 12.1 Å². The summed E-state index contributed by atoms with van der Waals surface area (Å²) < 4.78 is 0. The van der Waals surface area contributed by atoms with Crippen LogP contribution in [0.3, 0.4) is 0 Å². The Morgan fingerprint density at radius 2 is 1.83 bits per heavy atom. The Labute approximate surface area is 146 Å². The molecule has 1 N–H and O–H groups in total. The summed E-state index contributed by atoms with van der Waals surface area (Å²) in [6, 6.07) is 0.792. The minimum Gasteiger partial charge on any atom is -0.481 e. The molecule has 1 aliphatic heterocycles. The summed E-state index contributed by atoms with van der Waals surface area (Å²) in [7, 11) is 0. The average molecular weight is 332 g/mol. The Kier molecular flexibility index (Phi) is 8.20. The third-order valence-electron chi connectivity index (χ3n) is 5.20. The molecule has 2 rings (SSSR count). The van der Waals surface area contributed by atoms with E-state index in [9.17, 15) is 4.79 Å². The van der Waals surface area contributed by atoms with E-state index in [1.165, 1.54) is 32.1 Å². The predicted octanol–water partition coefficient (Wildman–Crippen LogP) is 5.55. The Morgan fingerprint density at radius 3 is 2.62 bits per heavy atom. The van der Waals surface area contributed by atoms with Crippen LogP contribution in [0.5, 0.6) is 0 Å². The fraction of sp³-hybridized carbons (Fsp3) is 0.750. The number of nitrogens with zero attached hydrogens (tertiary/aromatic N) is 2. The number of allylic oxidation sites excluding steroid dienone is 3. The first-order chi connectivity index (χ1) is 11.7. The molecule has 0 spiro atoms. The van der Waals surface area contributed by atoms with E-state index in [4.69, 9.17) is 5.11 Å². The zero-order chi connectivity index (χ0) is 17.2. The van der Waals surface area contributed by atoms with Crippen LogP contribution in [0.2, 0.25) is 0 Å². The summed E-state index contributed by atoms with van der Waals surface area (Å²) in [4.78, 5) is 10.5. The smallest absolute Gasteiger partial charge is 0.303 e. The average Bonchev–Trinajstić information content (AvgIpc) is 3.15. The molecule has 0 aromatic heterocycles. The highest BCUT2D eigenvalue weighted by atomic mass is 16.4. The Hall–Kier alpha value is -1.45. The van der Waals surface area contributed by atoms with Crippen molar-refractivity contribution < 1.29 is 9.90 Å². The SMILES string of the molecule is CCCCCC/C=C/[C@@H]1[C@@H](C/C=C\CCCC(=O)O)[C@@H]2C[C@@H]1N=N2. The lowest BCUT2D eigenvalue weighted by atomic mass is 9.87. The van der Waals surface area contributed by atoms with Gasteiger partial charge in [-0.05, 0) is 44.4 Å². The molecule has 24 heavy (non-hydrogen) atoms. The maximum absolute atomic E-state index is 10.5. The highest BCUT2D eigenvalue weighted by Crippen LogP contribution is 2.44. The summed E-state index contributed by atoms with van der Waals surface area (Å²) in [5, 5.41) is 17.5. The summed E-state index contributed by atoms with van der Waals surface area (Å²) in [5.41, 5.74) is 0. The van der Waals surface area contributed by atoms with E-state index in [0.29, 0.717) is 23.9 Å². The zero-order valence-corrected chi connectivity index (χ0v) is 14.9. The number of carboxylic acid groups (broad SMARTS) is 1. The normalized spacial score (nSPS) is 28.5. The lowest BCUT2D eigenvalue weighted by Crippen LogP contribution is -2.21. The van der Waals surface area contributed by atoms with E-state index in [0.717, 1.165) is 25.7 Å². The van der Waals surface area contributed by atoms with Gasteiger partial charge in [-0.3, -0.25) is 4.79 Å². The standard InChI is InChI=1S/C20H32N2O2/c1-2-3-4-5-6-9-12-16-17(19-15-18(16)21-22-19)13-10-7-8-11-14-20(23)24/h7,9-10,12,16-19H,2-6,8,11,13-15H2,1H3,(H,23,24)/b10-7-,12-9+/t16-,17-,18+,19+/m1/s1. The number of hydrogen-bond acceptors (Lipinski definition) is 3. The van der Waals surface area contributed by atoms with Crippen LogP contribution in [0.1, 0.15) is 71.1 Å². The van der Waals surface area contributed by atoms with Crippen molar-refractivity contribution in [3.63, 3.8) is 0 Å². The van der Waals surface area contributed by atoms with Crippen molar-refractivity contribution >= 4 is 5.97 Å². The first-order valence-electron chi connectivity index (χ1n) is 9.65. The van der Waals surface area contributed by atoms with Crippen LogP contribution < -0.4 is 0 Å². The van der Waals surface area contributed by atoms with Gasteiger partial charge in [0.25, 0.3) is 0 Å². The van der Waals surface area contributed by atoms with E-state index in [2.05, 4.69) is 41.5 Å². The van der Waals surface area contributed by atoms with Crippen LogP contribution in [-0.2, 0) is 4.79 Å². The molecule has 4 heteroatoms. The summed E-state index contributed by atoms with van der Waals surface area (Å²) in [6.07, 6.45) is 19.6. The van der Waals surface area contributed by atoms with Crippen LogP contribution in [0.4, 0.5) is 0 Å². The van der Waals surface area contributed by atoms with Crippen LogP contribution >= 0.6 is 0 Å². The predicted molar refractivity (Wildman–Crippen MR) is 97.2 cm³/mol. The highest BCUT2D eigenvalue weighted by Gasteiger charge is 2.45. The molecule has 1 aliphatic carbocycles. The van der Waals surface area contributed by atoms with Gasteiger partial charge in [0.2, 0.25) is 0 Å². The first kappa shape index (κ1) is 18.9. The van der Waals surface area contributed by atoms with Gasteiger partial charge in [0, 0.05) is 12.3 Å². The van der Waals surface area contributed by atoms with E-state index < -0.39 is 5.97 Å². The summed E-state index contributed by atoms with van der Waals surface area (Å²) in [6.45, 7) is 2.25. The number of fused-ring (bicyclic) bond motifs is 2. The lowest BCUT2D eigenvalue weighted by Gasteiger charge is -2.22. The molecule has 1 heterocycles. The molecular formula is C20H32N2O2. The molecule has 4 atom stereocenters. The molecule has 0 amide bonds. The number of carbonyl (C=O) groups is 1. The van der Waals surface area contributed by atoms with Crippen molar-refractivity contribution in [2.45, 2.75) is 83.2 Å². The molecule has 0 aromatic rings. The largest absolute Gasteiger partial charge is 0.481 e. The molecule has 1 saturated carbocycles. The van der Waals surface area contributed by atoms with E-state index in [1.54, 1.807) is 0 Å². The molecule has 1 fully saturated rings. The molecule has 0 aromatic carbocycles. The number of azo groups is 1. The van der Waals surface area contributed by atoms with E-state index in [-0.39, 0.29) is 6.42 Å². The molecule has 0 radical (unpaired) electrons. The fourth-order valence-corrected chi connectivity index (χ4v) is 3.82. The third kappa shape index (κ3) is 5.88. The highest BCUT2D eigenvalue weighted by molar-refractivity contribution is 5.66. The second kappa shape index (κ2) is 10.4. The summed E-state index contributed by atoms with van der Waals surface area (Å²) >= 11 is 0. The molecule has 4 nitrogen and oxygen atoms in total. The van der Waals surface area contributed by atoms with Gasteiger partial charge in [-0.1, -0.05) is 50.5 Å². The molecular weight excluding hydrogens is 300 g/mol. The Morgan fingerprint density at radius 1 is 1.04 bits per heavy atom. The second-order valence-electron chi connectivity index (χ2n) is 7.11. The van der Waals surface area contributed by atoms with Gasteiger partial charge in [-0.25, -0.2) is 0 Å². The van der Waals surface area contributed by atoms with Crippen molar-refractivity contribution in [2.75, 3.05) is 0 Å². The zero-order valence-electron chi connectivity index (χ0n) is 14.9. The van der Waals surface area contributed by atoms with Gasteiger partial charge < -0.3 is 5.11 Å². The third-order valence-corrected chi connectivity index (χ3v) is 5.20. The fourth-order valence-electron chi connectivity index (χ4n) is 3.82. The first-order valence-corrected chi connectivity index (χ1v) is 9.65. The topological polar surface area (TPSA) is 62.0 Å². The number of carboxylic acids is 1.